The summed E-state index contributed by atoms with van der Waals surface area (Å²) < 4.78 is 6.48. The van der Waals surface area contributed by atoms with Crippen molar-refractivity contribution < 1.29 is 14.3 Å². The zero-order valence-electron chi connectivity index (χ0n) is 18.2. The Morgan fingerprint density at radius 1 is 1.06 bits per heavy atom. The molecule has 1 aliphatic rings. The molecule has 5 rings (SSSR count). The number of carbonyl (C=O) groups is 2. The first-order valence-electron chi connectivity index (χ1n) is 10.9. The molecule has 1 fully saturated rings. The Labute approximate surface area is 195 Å². The number of rotatable bonds is 5. The molecule has 0 spiro atoms. The Bertz CT molecular complexity index is 1290. The number of para-hydroxylation sites is 2. The van der Waals surface area contributed by atoms with Crippen LogP contribution in [0.15, 0.2) is 72.8 Å². The summed E-state index contributed by atoms with van der Waals surface area (Å²) in [4.78, 5) is 32.7. The predicted octanol–water partition coefficient (Wildman–Crippen LogP) is 5.70. The molecule has 0 radical (unpaired) electrons. The molecule has 1 atom stereocenters. The van der Waals surface area contributed by atoms with E-state index in [0.717, 1.165) is 27.9 Å². The van der Waals surface area contributed by atoms with E-state index in [1.165, 1.54) is 11.3 Å². The predicted molar refractivity (Wildman–Crippen MR) is 131 cm³/mol. The van der Waals surface area contributed by atoms with Crippen LogP contribution in [0.5, 0.6) is 0 Å². The molecule has 0 saturated carbocycles. The molecule has 2 amide bonds. The van der Waals surface area contributed by atoms with Gasteiger partial charge in [-0.25, -0.2) is 4.98 Å². The van der Waals surface area contributed by atoms with E-state index in [1.54, 1.807) is 29.2 Å². The number of ether oxygens (including phenoxy) is 1. The quantitative estimate of drug-likeness (QED) is 0.417. The van der Waals surface area contributed by atoms with Crippen LogP contribution in [-0.2, 0) is 9.53 Å². The van der Waals surface area contributed by atoms with Gasteiger partial charge in [-0.05, 0) is 61.7 Å². The number of nitrogens with zero attached hydrogens (tertiary/aromatic N) is 2. The molecule has 33 heavy (non-hydrogen) atoms. The average Bonchev–Trinajstić information content (AvgIpc) is 3.51. The van der Waals surface area contributed by atoms with Crippen LogP contribution in [0.2, 0.25) is 0 Å². The highest BCUT2D eigenvalue weighted by Crippen LogP contribution is 2.36. The van der Waals surface area contributed by atoms with Gasteiger partial charge in [-0.2, -0.15) is 0 Å². The third-order valence-corrected chi connectivity index (χ3v) is 6.65. The molecule has 1 N–H and O–H groups in total. The summed E-state index contributed by atoms with van der Waals surface area (Å²) in [7, 11) is 0. The van der Waals surface area contributed by atoms with Gasteiger partial charge in [0.2, 0.25) is 0 Å². The fraction of sp³-hybridized carbons (Fsp3) is 0.192. The van der Waals surface area contributed by atoms with Gasteiger partial charge in [0.25, 0.3) is 11.8 Å². The molecular weight excluding hydrogens is 434 g/mol. The molecule has 0 aliphatic carbocycles. The van der Waals surface area contributed by atoms with E-state index in [1.807, 2.05) is 55.5 Å². The monoisotopic (exact) mass is 457 g/mol. The first-order valence-corrected chi connectivity index (χ1v) is 11.7. The van der Waals surface area contributed by atoms with Gasteiger partial charge in [0.1, 0.15) is 6.10 Å². The van der Waals surface area contributed by atoms with Crippen molar-refractivity contribution in [2.24, 2.45) is 0 Å². The summed E-state index contributed by atoms with van der Waals surface area (Å²) >= 11 is 1.47. The molecule has 4 aromatic rings. The van der Waals surface area contributed by atoms with Crippen molar-refractivity contribution in [1.29, 1.82) is 0 Å². The number of anilines is 3. The minimum Gasteiger partial charge on any atom is -0.368 e. The number of thiazole rings is 1. The van der Waals surface area contributed by atoms with Crippen LogP contribution in [0.1, 0.15) is 28.8 Å². The van der Waals surface area contributed by atoms with Gasteiger partial charge in [-0.3, -0.25) is 14.5 Å². The summed E-state index contributed by atoms with van der Waals surface area (Å²) in [5.74, 6) is -0.393. The maximum atomic E-state index is 13.8. The van der Waals surface area contributed by atoms with E-state index < -0.39 is 6.10 Å². The summed E-state index contributed by atoms with van der Waals surface area (Å²) in [6.45, 7) is 2.57. The van der Waals surface area contributed by atoms with Crippen molar-refractivity contribution >= 4 is 49.9 Å². The minimum atomic E-state index is -0.435. The third kappa shape index (κ3) is 4.37. The normalized spacial score (nSPS) is 15.5. The molecule has 1 aliphatic heterocycles. The fourth-order valence-electron chi connectivity index (χ4n) is 3.94. The lowest BCUT2D eigenvalue weighted by Crippen LogP contribution is -2.28. The van der Waals surface area contributed by atoms with E-state index in [2.05, 4.69) is 5.32 Å². The van der Waals surface area contributed by atoms with E-state index >= 15 is 0 Å². The second kappa shape index (κ2) is 9.13. The second-order valence-corrected chi connectivity index (χ2v) is 8.97. The second-order valence-electron chi connectivity index (χ2n) is 7.96. The summed E-state index contributed by atoms with van der Waals surface area (Å²) in [5, 5.41) is 3.48. The summed E-state index contributed by atoms with van der Waals surface area (Å²) in [6, 6.07) is 22.6. The van der Waals surface area contributed by atoms with Crippen LogP contribution < -0.4 is 10.2 Å². The number of amides is 2. The number of aryl methyl sites for hydroxylation is 1. The zero-order chi connectivity index (χ0) is 22.8. The number of fused-ring (bicyclic) bond motifs is 1. The molecule has 1 unspecified atom stereocenters. The Hall–Kier alpha value is -3.55. The van der Waals surface area contributed by atoms with Gasteiger partial charge in [0.15, 0.2) is 5.13 Å². The molecule has 1 saturated heterocycles. The van der Waals surface area contributed by atoms with Crippen molar-refractivity contribution in [1.82, 2.24) is 4.98 Å². The lowest BCUT2D eigenvalue weighted by molar-refractivity contribution is -0.124. The van der Waals surface area contributed by atoms with Gasteiger partial charge in [0, 0.05) is 17.9 Å². The van der Waals surface area contributed by atoms with Crippen molar-refractivity contribution in [3.63, 3.8) is 0 Å². The van der Waals surface area contributed by atoms with Gasteiger partial charge < -0.3 is 10.1 Å². The molecule has 2 heterocycles. The van der Waals surface area contributed by atoms with Gasteiger partial charge in [-0.15, -0.1) is 0 Å². The van der Waals surface area contributed by atoms with Gasteiger partial charge in [-0.1, -0.05) is 47.7 Å². The lowest BCUT2D eigenvalue weighted by atomic mass is 10.1. The number of benzene rings is 3. The number of aromatic nitrogens is 1. The van der Waals surface area contributed by atoms with E-state index in [-0.39, 0.29) is 11.8 Å². The number of nitrogens with one attached hydrogen (secondary N) is 1. The largest absolute Gasteiger partial charge is 0.368 e. The van der Waals surface area contributed by atoms with Crippen LogP contribution in [0.3, 0.4) is 0 Å². The topological polar surface area (TPSA) is 71.5 Å². The van der Waals surface area contributed by atoms with Crippen LogP contribution in [0.25, 0.3) is 10.2 Å². The average molecular weight is 458 g/mol. The van der Waals surface area contributed by atoms with E-state index in [9.17, 15) is 9.59 Å². The maximum absolute atomic E-state index is 13.8. The molecule has 3 aromatic carbocycles. The van der Waals surface area contributed by atoms with Crippen LogP contribution in [0.4, 0.5) is 16.5 Å². The first-order chi connectivity index (χ1) is 16.1. The Balaban J connectivity index is 1.51. The minimum absolute atomic E-state index is 0.181. The molecule has 7 heteroatoms. The van der Waals surface area contributed by atoms with Crippen molar-refractivity contribution in [2.45, 2.75) is 25.9 Å². The molecule has 1 aromatic heterocycles. The molecule has 0 bridgehead atoms. The lowest BCUT2D eigenvalue weighted by Gasteiger charge is -2.22. The number of carbonyl (C=O) groups excluding carboxylic acids is 2. The smallest absolute Gasteiger partial charge is 0.264 e. The van der Waals surface area contributed by atoms with Gasteiger partial charge >= 0.3 is 0 Å². The standard InChI is InChI=1S/C26H23N3O3S/c1-17-8-2-4-12-21(17)29(26-28-20-11-3-5-14-23(20)33-26)25(31)18-9-6-10-19(16-18)27-24(30)22-13-7-15-32-22/h2-6,8-12,14,16,22H,7,13,15H2,1H3,(H,27,30). The third-order valence-electron chi connectivity index (χ3n) is 5.63. The Kier molecular flexibility index (Phi) is 5.90. The highest BCUT2D eigenvalue weighted by atomic mass is 32.1. The van der Waals surface area contributed by atoms with Crippen LogP contribution >= 0.6 is 11.3 Å². The summed E-state index contributed by atoms with van der Waals surface area (Å²) in [6.07, 6.45) is 1.16. The molecule has 6 nitrogen and oxygen atoms in total. The first kappa shape index (κ1) is 21.3. The maximum Gasteiger partial charge on any atom is 0.264 e. The Morgan fingerprint density at radius 2 is 1.88 bits per heavy atom. The van der Waals surface area contributed by atoms with Crippen molar-refractivity contribution in [3.05, 3.63) is 83.9 Å². The van der Waals surface area contributed by atoms with E-state index in [4.69, 9.17) is 9.72 Å². The van der Waals surface area contributed by atoms with Crippen LogP contribution in [0, 0.1) is 6.92 Å². The van der Waals surface area contributed by atoms with E-state index in [0.29, 0.717) is 29.4 Å². The highest BCUT2D eigenvalue weighted by Gasteiger charge is 2.26. The zero-order valence-corrected chi connectivity index (χ0v) is 19.0. The fourth-order valence-corrected chi connectivity index (χ4v) is 4.91. The van der Waals surface area contributed by atoms with Crippen molar-refractivity contribution in [3.8, 4) is 0 Å². The Morgan fingerprint density at radius 3 is 2.67 bits per heavy atom. The van der Waals surface area contributed by atoms with Crippen molar-refractivity contribution in [2.75, 3.05) is 16.8 Å². The van der Waals surface area contributed by atoms with Gasteiger partial charge in [0.05, 0.1) is 15.9 Å². The highest BCUT2D eigenvalue weighted by molar-refractivity contribution is 7.22. The summed E-state index contributed by atoms with van der Waals surface area (Å²) in [5.41, 5.74) is 3.61. The number of hydrogen-bond donors (Lipinski definition) is 1. The molecular formula is C26H23N3O3S. The molecule has 166 valence electrons. The SMILES string of the molecule is Cc1ccccc1N(C(=O)c1cccc(NC(=O)C2CCCO2)c1)c1nc2ccccc2s1. The van der Waals surface area contributed by atoms with Crippen LogP contribution in [-0.4, -0.2) is 29.5 Å². The number of hydrogen-bond acceptors (Lipinski definition) is 5.